The van der Waals surface area contributed by atoms with E-state index in [1.54, 1.807) is 24.3 Å². The SMILES string of the molecule is CCOc1cc(CBr)ccc1-c1ccccc1S(=O)(=O)O. The molecule has 0 radical (unpaired) electrons. The van der Waals surface area contributed by atoms with Crippen LogP contribution in [0.5, 0.6) is 5.75 Å². The summed E-state index contributed by atoms with van der Waals surface area (Å²) in [4.78, 5) is -0.127. The Bertz CT molecular complexity index is 741. The molecule has 4 nitrogen and oxygen atoms in total. The third-order valence-electron chi connectivity index (χ3n) is 2.96. The molecule has 2 aromatic rings. The van der Waals surface area contributed by atoms with Gasteiger partial charge in [-0.1, -0.05) is 46.3 Å². The van der Waals surface area contributed by atoms with E-state index in [4.69, 9.17) is 4.74 Å². The molecule has 0 saturated heterocycles. The van der Waals surface area contributed by atoms with E-state index in [2.05, 4.69) is 15.9 Å². The highest BCUT2D eigenvalue weighted by molar-refractivity contribution is 9.08. The fourth-order valence-corrected chi connectivity index (χ4v) is 3.12. The molecule has 0 spiro atoms. The van der Waals surface area contributed by atoms with Crippen molar-refractivity contribution in [1.82, 2.24) is 0 Å². The first-order chi connectivity index (χ1) is 9.97. The van der Waals surface area contributed by atoms with Gasteiger partial charge in [0.25, 0.3) is 10.1 Å². The largest absolute Gasteiger partial charge is 0.493 e. The third-order valence-corrected chi connectivity index (χ3v) is 4.51. The van der Waals surface area contributed by atoms with Crippen LogP contribution in [0.3, 0.4) is 0 Å². The van der Waals surface area contributed by atoms with Gasteiger partial charge in [-0.15, -0.1) is 0 Å². The zero-order valence-corrected chi connectivity index (χ0v) is 13.8. The third kappa shape index (κ3) is 3.64. The number of alkyl halides is 1. The molecular weight excluding hydrogens is 356 g/mol. The highest BCUT2D eigenvalue weighted by atomic mass is 79.9. The van der Waals surface area contributed by atoms with Gasteiger partial charge in [-0.05, 0) is 24.6 Å². The van der Waals surface area contributed by atoms with Crippen molar-refractivity contribution in [1.29, 1.82) is 0 Å². The van der Waals surface area contributed by atoms with Crippen LogP contribution in [0.2, 0.25) is 0 Å². The molecule has 0 amide bonds. The first-order valence-electron chi connectivity index (χ1n) is 6.36. The van der Waals surface area contributed by atoms with Gasteiger partial charge in [-0.25, -0.2) is 0 Å². The lowest BCUT2D eigenvalue weighted by atomic mass is 10.0. The number of benzene rings is 2. The summed E-state index contributed by atoms with van der Waals surface area (Å²) >= 11 is 3.38. The van der Waals surface area contributed by atoms with E-state index in [9.17, 15) is 13.0 Å². The summed E-state index contributed by atoms with van der Waals surface area (Å²) < 4.78 is 38.0. The van der Waals surface area contributed by atoms with Gasteiger partial charge in [0.15, 0.2) is 0 Å². The minimum atomic E-state index is -4.29. The predicted octanol–water partition coefficient (Wildman–Crippen LogP) is 3.89. The molecule has 0 atom stereocenters. The van der Waals surface area contributed by atoms with Crippen LogP contribution >= 0.6 is 15.9 Å². The van der Waals surface area contributed by atoms with Crippen molar-refractivity contribution < 1.29 is 17.7 Å². The van der Waals surface area contributed by atoms with Crippen molar-refractivity contribution >= 4 is 26.0 Å². The zero-order valence-electron chi connectivity index (χ0n) is 11.4. The molecule has 0 aromatic heterocycles. The van der Waals surface area contributed by atoms with E-state index >= 15 is 0 Å². The van der Waals surface area contributed by atoms with E-state index in [0.29, 0.717) is 28.8 Å². The van der Waals surface area contributed by atoms with Gasteiger partial charge in [0.1, 0.15) is 10.6 Å². The Kier molecular flexibility index (Phi) is 5.03. The zero-order chi connectivity index (χ0) is 15.5. The van der Waals surface area contributed by atoms with Crippen molar-refractivity contribution in [3.8, 4) is 16.9 Å². The molecule has 2 aromatic carbocycles. The normalized spacial score (nSPS) is 11.4. The average molecular weight is 371 g/mol. The Balaban J connectivity index is 2.67. The Labute approximate surface area is 132 Å². The van der Waals surface area contributed by atoms with E-state index in [1.165, 1.54) is 6.07 Å². The lowest BCUT2D eigenvalue weighted by Gasteiger charge is -2.14. The summed E-state index contributed by atoms with van der Waals surface area (Å²) in [6.07, 6.45) is 0. The van der Waals surface area contributed by atoms with E-state index in [1.807, 2.05) is 19.1 Å². The van der Waals surface area contributed by atoms with Crippen molar-refractivity contribution in [3.63, 3.8) is 0 Å². The van der Waals surface area contributed by atoms with Gasteiger partial charge in [0.2, 0.25) is 0 Å². The summed E-state index contributed by atoms with van der Waals surface area (Å²) in [5.41, 5.74) is 2.07. The van der Waals surface area contributed by atoms with E-state index in [-0.39, 0.29) is 4.90 Å². The molecule has 21 heavy (non-hydrogen) atoms. The van der Waals surface area contributed by atoms with E-state index < -0.39 is 10.1 Å². The molecule has 2 rings (SSSR count). The molecule has 0 aliphatic heterocycles. The minimum Gasteiger partial charge on any atom is -0.493 e. The van der Waals surface area contributed by atoms with Gasteiger partial charge in [-0.2, -0.15) is 8.42 Å². The minimum absolute atomic E-state index is 0.127. The second-order valence-electron chi connectivity index (χ2n) is 4.37. The quantitative estimate of drug-likeness (QED) is 0.640. The molecule has 0 heterocycles. The first kappa shape index (κ1) is 16.0. The summed E-state index contributed by atoms with van der Waals surface area (Å²) in [5, 5.41) is 0.674. The molecule has 0 aliphatic rings. The molecule has 112 valence electrons. The topological polar surface area (TPSA) is 63.6 Å². The molecule has 0 bridgehead atoms. The van der Waals surface area contributed by atoms with Crippen LogP contribution in [-0.4, -0.2) is 19.6 Å². The Morgan fingerprint density at radius 2 is 1.86 bits per heavy atom. The standard InChI is InChI=1S/C15H15BrO4S/c1-2-20-14-9-11(10-16)7-8-12(14)13-5-3-4-6-15(13)21(17,18)19/h3-9H,2,10H2,1H3,(H,17,18,19). The molecule has 0 aliphatic carbocycles. The maximum absolute atomic E-state index is 11.5. The first-order valence-corrected chi connectivity index (χ1v) is 8.92. The van der Waals surface area contributed by atoms with E-state index in [0.717, 1.165) is 5.56 Å². The second kappa shape index (κ2) is 6.60. The van der Waals surface area contributed by atoms with Crippen molar-refractivity contribution in [2.24, 2.45) is 0 Å². The Hall–Kier alpha value is -1.37. The fourth-order valence-electron chi connectivity index (χ4n) is 2.06. The van der Waals surface area contributed by atoms with Crippen molar-refractivity contribution in [2.75, 3.05) is 6.61 Å². The van der Waals surface area contributed by atoms with Gasteiger partial charge in [0, 0.05) is 16.5 Å². The van der Waals surface area contributed by atoms with Gasteiger partial charge >= 0.3 is 0 Å². The summed E-state index contributed by atoms with van der Waals surface area (Å²) in [5.74, 6) is 0.588. The van der Waals surface area contributed by atoms with Crippen LogP contribution in [0, 0.1) is 0 Å². The maximum atomic E-state index is 11.5. The van der Waals surface area contributed by atoms with Crippen LogP contribution < -0.4 is 4.74 Å². The Morgan fingerprint density at radius 3 is 2.48 bits per heavy atom. The molecular formula is C15H15BrO4S. The lowest BCUT2D eigenvalue weighted by molar-refractivity contribution is 0.341. The molecule has 1 N–H and O–H groups in total. The fraction of sp³-hybridized carbons (Fsp3) is 0.200. The lowest BCUT2D eigenvalue weighted by Crippen LogP contribution is -2.02. The van der Waals surface area contributed by atoms with Crippen LogP contribution in [0.15, 0.2) is 47.4 Å². The van der Waals surface area contributed by atoms with Gasteiger partial charge < -0.3 is 4.74 Å². The van der Waals surface area contributed by atoms with Crippen molar-refractivity contribution in [2.45, 2.75) is 17.1 Å². The Morgan fingerprint density at radius 1 is 1.14 bits per heavy atom. The summed E-state index contributed by atoms with van der Waals surface area (Å²) in [7, 11) is -4.29. The number of halogens is 1. The predicted molar refractivity (Wildman–Crippen MR) is 85.5 cm³/mol. The highest BCUT2D eigenvalue weighted by Gasteiger charge is 2.18. The van der Waals surface area contributed by atoms with Gasteiger partial charge in [-0.3, -0.25) is 4.55 Å². The monoisotopic (exact) mass is 370 g/mol. The molecule has 0 unspecified atom stereocenters. The van der Waals surface area contributed by atoms with Crippen LogP contribution in [0.4, 0.5) is 0 Å². The van der Waals surface area contributed by atoms with Gasteiger partial charge in [0.05, 0.1) is 6.61 Å². The van der Waals surface area contributed by atoms with Crippen molar-refractivity contribution in [3.05, 3.63) is 48.0 Å². The molecule has 0 saturated carbocycles. The highest BCUT2D eigenvalue weighted by Crippen LogP contribution is 2.35. The summed E-state index contributed by atoms with van der Waals surface area (Å²) in [6.45, 7) is 2.33. The smallest absolute Gasteiger partial charge is 0.295 e. The van der Waals surface area contributed by atoms with Crippen LogP contribution in [0.1, 0.15) is 12.5 Å². The summed E-state index contributed by atoms with van der Waals surface area (Å²) in [6, 6.07) is 11.8. The van der Waals surface area contributed by atoms with Crippen LogP contribution in [-0.2, 0) is 15.4 Å². The number of hydrogen-bond donors (Lipinski definition) is 1. The van der Waals surface area contributed by atoms with Crippen LogP contribution in [0.25, 0.3) is 11.1 Å². The number of hydrogen-bond acceptors (Lipinski definition) is 3. The average Bonchev–Trinajstić information content (AvgIpc) is 2.46. The molecule has 0 fully saturated rings. The maximum Gasteiger partial charge on any atom is 0.295 e. The number of ether oxygens (including phenoxy) is 1. The number of rotatable bonds is 5. The molecule has 6 heteroatoms. The second-order valence-corrected chi connectivity index (χ2v) is 6.32.